The van der Waals surface area contributed by atoms with Crippen molar-refractivity contribution >= 4 is 16.8 Å². The van der Waals surface area contributed by atoms with Crippen LogP contribution in [0.15, 0.2) is 18.2 Å². The van der Waals surface area contributed by atoms with Crippen molar-refractivity contribution < 1.29 is 18.0 Å². The van der Waals surface area contributed by atoms with Gasteiger partial charge in [0, 0.05) is 11.6 Å². The summed E-state index contributed by atoms with van der Waals surface area (Å²) in [7, 11) is 0. The van der Waals surface area contributed by atoms with E-state index in [0.29, 0.717) is 11.1 Å². The van der Waals surface area contributed by atoms with Crippen LogP contribution in [0.5, 0.6) is 0 Å². The first-order valence-electron chi connectivity index (χ1n) is 5.82. The Balaban J connectivity index is 2.77. The standard InChI is InChI=1S/C13H13F3N2O/c1-7(2)18-11-5-4-9(8(3)19)6-10(11)17-12(18)13(14,15)16/h4-7H,1-3H3. The topological polar surface area (TPSA) is 34.9 Å². The van der Waals surface area contributed by atoms with Crippen LogP contribution >= 0.6 is 0 Å². The number of fused-ring (bicyclic) bond motifs is 1. The molecule has 0 bridgehead atoms. The van der Waals surface area contributed by atoms with Gasteiger partial charge in [0.25, 0.3) is 0 Å². The molecule has 0 atom stereocenters. The zero-order valence-electron chi connectivity index (χ0n) is 10.7. The summed E-state index contributed by atoms with van der Waals surface area (Å²) in [5.41, 5.74) is 0.927. The molecule has 0 radical (unpaired) electrons. The van der Waals surface area contributed by atoms with Gasteiger partial charge < -0.3 is 4.57 Å². The van der Waals surface area contributed by atoms with Crippen LogP contribution in [0.4, 0.5) is 13.2 Å². The quantitative estimate of drug-likeness (QED) is 0.777. The molecule has 0 aliphatic rings. The molecule has 19 heavy (non-hydrogen) atoms. The van der Waals surface area contributed by atoms with E-state index >= 15 is 0 Å². The van der Waals surface area contributed by atoms with E-state index in [9.17, 15) is 18.0 Å². The van der Waals surface area contributed by atoms with Crippen molar-refractivity contribution in [2.75, 3.05) is 0 Å². The van der Waals surface area contributed by atoms with Gasteiger partial charge in [0.2, 0.25) is 5.82 Å². The molecule has 3 nitrogen and oxygen atoms in total. The Morgan fingerprint density at radius 2 is 1.95 bits per heavy atom. The minimum absolute atomic E-state index is 0.189. The maximum Gasteiger partial charge on any atom is 0.449 e. The van der Waals surface area contributed by atoms with Gasteiger partial charge in [0.05, 0.1) is 11.0 Å². The van der Waals surface area contributed by atoms with Crippen LogP contribution in [0.3, 0.4) is 0 Å². The number of carbonyl (C=O) groups excluding carboxylic acids is 1. The molecule has 0 amide bonds. The summed E-state index contributed by atoms with van der Waals surface area (Å²) in [4.78, 5) is 14.9. The van der Waals surface area contributed by atoms with Gasteiger partial charge in [-0.2, -0.15) is 13.2 Å². The van der Waals surface area contributed by atoms with Crippen molar-refractivity contribution in [3.05, 3.63) is 29.6 Å². The Morgan fingerprint density at radius 3 is 2.42 bits per heavy atom. The minimum atomic E-state index is -4.51. The molecule has 6 heteroatoms. The molecule has 0 N–H and O–H groups in total. The number of imidazole rings is 1. The number of ketones is 1. The van der Waals surface area contributed by atoms with E-state index in [1.807, 2.05) is 0 Å². The number of hydrogen-bond donors (Lipinski definition) is 0. The lowest BCUT2D eigenvalue weighted by molar-refractivity contribution is -0.147. The lowest BCUT2D eigenvalue weighted by Gasteiger charge is -2.14. The van der Waals surface area contributed by atoms with E-state index in [2.05, 4.69) is 4.98 Å². The molecule has 0 saturated heterocycles. The molecule has 2 rings (SSSR count). The molecule has 1 aromatic carbocycles. The smallest absolute Gasteiger partial charge is 0.318 e. The van der Waals surface area contributed by atoms with Crippen molar-refractivity contribution in [2.45, 2.75) is 33.0 Å². The summed E-state index contributed by atoms with van der Waals surface area (Å²) in [6.07, 6.45) is -4.51. The predicted octanol–water partition coefficient (Wildman–Crippen LogP) is 3.84. The molecular formula is C13H13F3N2O. The highest BCUT2D eigenvalue weighted by molar-refractivity contribution is 5.97. The Labute approximate surface area is 108 Å². The Hall–Kier alpha value is -1.85. The van der Waals surface area contributed by atoms with Crippen molar-refractivity contribution in [2.24, 2.45) is 0 Å². The second-order valence-electron chi connectivity index (χ2n) is 4.66. The van der Waals surface area contributed by atoms with Gasteiger partial charge in [0.15, 0.2) is 5.78 Å². The van der Waals surface area contributed by atoms with Gasteiger partial charge in [0.1, 0.15) is 0 Å². The Morgan fingerprint density at radius 1 is 1.32 bits per heavy atom. The first-order valence-corrected chi connectivity index (χ1v) is 5.82. The summed E-state index contributed by atoms with van der Waals surface area (Å²) in [6.45, 7) is 4.69. The zero-order chi connectivity index (χ0) is 14.4. The number of nitrogens with zero attached hydrogens (tertiary/aromatic N) is 2. The van der Waals surface area contributed by atoms with Gasteiger partial charge in [-0.25, -0.2) is 4.98 Å². The molecule has 0 aliphatic carbocycles. The number of rotatable bonds is 2. The molecule has 2 aromatic rings. The summed E-state index contributed by atoms with van der Waals surface area (Å²) >= 11 is 0. The maximum atomic E-state index is 13.0. The van der Waals surface area contributed by atoms with Crippen LogP contribution in [0.25, 0.3) is 11.0 Å². The van der Waals surface area contributed by atoms with E-state index in [4.69, 9.17) is 0 Å². The van der Waals surface area contributed by atoms with E-state index in [-0.39, 0.29) is 17.3 Å². The van der Waals surface area contributed by atoms with Crippen molar-refractivity contribution in [3.63, 3.8) is 0 Å². The fraction of sp³-hybridized carbons (Fsp3) is 0.385. The second-order valence-corrected chi connectivity index (χ2v) is 4.66. The number of hydrogen-bond acceptors (Lipinski definition) is 2. The highest BCUT2D eigenvalue weighted by Crippen LogP contribution is 2.33. The highest BCUT2D eigenvalue weighted by Gasteiger charge is 2.38. The normalized spacial score (nSPS) is 12.4. The van der Waals surface area contributed by atoms with Gasteiger partial charge in [-0.05, 0) is 39.0 Å². The highest BCUT2D eigenvalue weighted by atomic mass is 19.4. The van der Waals surface area contributed by atoms with E-state index in [1.54, 1.807) is 13.8 Å². The average Bonchev–Trinajstić information content (AvgIpc) is 2.66. The third kappa shape index (κ3) is 2.34. The minimum Gasteiger partial charge on any atom is -0.318 e. The third-order valence-corrected chi connectivity index (χ3v) is 2.87. The third-order valence-electron chi connectivity index (χ3n) is 2.87. The summed E-state index contributed by atoms with van der Waals surface area (Å²) in [6, 6.07) is 4.05. The molecule has 0 fully saturated rings. The summed E-state index contributed by atoms with van der Waals surface area (Å²) in [5, 5.41) is 0. The van der Waals surface area contributed by atoms with Crippen molar-refractivity contribution in [1.82, 2.24) is 9.55 Å². The number of Topliss-reactive ketones (excluding diaryl/α,β-unsaturated/α-hetero) is 1. The lowest BCUT2D eigenvalue weighted by atomic mass is 10.1. The van der Waals surface area contributed by atoms with E-state index in [0.717, 1.165) is 4.57 Å². The van der Waals surface area contributed by atoms with Gasteiger partial charge in [-0.1, -0.05) is 0 Å². The fourth-order valence-corrected chi connectivity index (χ4v) is 2.04. The molecule has 1 aromatic heterocycles. The monoisotopic (exact) mass is 270 g/mol. The maximum absolute atomic E-state index is 13.0. The number of benzene rings is 1. The first-order chi connectivity index (χ1) is 8.71. The van der Waals surface area contributed by atoms with Crippen LogP contribution in [0, 0.1) is 0 Å². The number of alkyl halides is 3. The number of aromatic nitrogens is 2. The van der Waals surface area contributed by atoms with Crippen molar-refractivity contribution in [3.8, 4) is 0 Å². The van der Waals surface area contributed by atoms with Gasteiger partial charge in [-0.15, -0.1) is 0 Å². The molecule has 102 valence electrons. The van der Waals surface area contributed by atoms with Crippen LogP contribution < -0.4 is 0 Å². The SMILES string of the molecule is CC(=O)c1ccc2c(c1)nc(C(F)(F)F)n2C(C)C. The molecule has 0 aliphatic heterocycles. The predicted molar refractivity (Wildman–Crippen MR) is 65.1 cm³/mol. The molecular weight excluding hydrogens is 257 g/mol. The van der Waals surface area contributed by atoms with Crippen molar-refractivity contribution in [1.29, 1.82) is 0 Å². The molecule has 0 saturated carbocycles. The lowest BCUT2D eigenvalue weighted by Crippen LogP contribution is -2.16. The van der Waals surface area contributed by atoms with Gasteiger partial charge in [-0.3, -0.25) is 4.79 Å². The molecule has 0 unspecified atom stereocenters. The zero-order valence-corrected chi connectivity index (χ0v) is 10.7. The second kappa shape index (κ2) is 4.36. The van der Waals surface area contributed by atoms with Crippen LogP contribution in [-0.2, 0) is 6.18 Å². The summed E-state index contributed by atoms with van der Waals surface area (Å²) < 4.78 is 40.0. The Bertz CT molecular complexity index is 641. The molecule has 1 heterocycles. The van der Waals surface area contributed by atoms with E-state index < -0.39 is 12.0 Å². The van der Waals surface area contributed by atoms with Gasteiger partial charge >= 0.3 is 6.18 Å². The first kappa shape index (κ1) is 13.6. The number of halogens is 3. The summed E-state index contributed by atoms with van der Waals surface area (Å²) in [5.74, 6) is -1.13. The van der Waals surface area contributed by atoms with E-state index in [1.165, 1.54) is 25.1 Å². The van der Waals surface area contributed by atoms with Crippen LogP contribution in [0.1, 0.15) is 43.0 Å². The average molecular weight is 270 g/mol. The number of carbonyl (C=O) groups is 1. The fourth-order valence-electron chi connectivity index (χ4n) is 2.04. The largest absolute Gasteiger partial charge is 0.449 e. The van der Waals surface area contributed by atoms with Crippen LogP contribution in [-0.4, -0.2) is 15.3 Å². The molecule has 0 spiro atoms. The van der Waals surface area contributed by atoms with Crippen LogP contribution in [0.2, 0.25) is 0 Å². The Kier molecular flexibility index (Phi) is 3.12.